The second-order valence-electron chi connectivity index (χ2n) is 10.2. The molecule has 3 rings (SSSR count). The molecule has 0 N–H and O–H groups in total. The molecule has 1 unspecified atom stereocenters. The largest absolute Gasteiger partial charge is 0.443 e. The van der Waals surface area contributed by atoms with E-state index in [1.807, 2.05) is 46.8 Å². The molecule has 33 heavy (non-hydrogen) atoms. The first-order chi connectivity index (χ1) is 15.2. The van der Waals surface area contributed by atoms with Crippen molar-refractivity contribution in [1.29, 1.82) is 0 Å². The summed E-state index contributed by atoms with van der Waals surface area (Å²) >= 11 is 0. The summed E-state index contributed by atoms with van der Waals surface area (Å²) in [5.41, 5.74) is 3.03. The molecule has 0 bridgehead atoms. The van der Waals surface area contributed by atoms with Gasteiger partial charge in [-0.3, -0.25) is 4.90 Å². The van der Waals surface area contributed by atoms with Crippen molar-refractivity contribution >= 4 is 21.8 Å². The van der Waals surface area contributed by atoms with Crippen LogP contribution in [0.25, 0.3) is 0 Å². The van der Waals surface area contributed by atoms with Crippen LogP contribution in [0.4, 0.5) is 10.5 Å². The fraction of sp³-hybridized carbons (Fsp3) is 0.708. The van der Waals surface area contributed by atoms with Crippen molar-refractivity contribution in [3.05, 3.63) is 28.8 Å². The highest BCUT2D eigenvalue weighted by Gasteiger charge is 2.43. The van der Waals surface area contributed by atoms with Crippen LogP contribution in [-0.2, 0) is 30.7 Å². The molecule has 2 fully saturated rings. The van der Waals surface area contributed by atoms with E-state index in [4.69, 9.17) is 14.2 Å². The van der Waals surface area contributed by atoms with E-state index in [-0.39, 0.29) is 0 Å². The second-order valence-corrected chi connectivity index (χ2v) is 12.5. The van der Waals surface area contributed by atoms with E-state index in [9.17, 15) is 13.2 Å². The van der Waals surface area contributed by atoms with Gasteiger partial charge in [-0.1, -0.05) is 0 Å². The quantitative estimate of drug-likeness (QED) is 0.635. The fourth-order valence-corrected chi connectivity index (χ4v) is 6.01. The van der Waals surface area contributed by atoms with Crippen LogP contribution in [0.15, 0.2) is 12.1 Å². The van der Waals surface area contributed by atoms with Crippen molar-refractivity contribution in [3.8, 4) is 0 Å². The Morgan fingerprint density at radius 1 is 1.15 bits per heavy atom. The van der Waals surface area contributed by atoms with E-state index < -0.39 is 32.8 Å². The number of aryl methyl sites for hydroxylation is 2. The number of sulfonamides is 1. The van der Waals surface area contributed by atoms with Gasteiger partial charge >= 0.3 is 6.09 Å². The van der Waals surface area contributed by atoms with Gasteiger partial charge in [-0.15, -0.1) is 0 Å². The summed E-state index contributed by atoms with van der Waals surface area (Å²) in [6.07, 6.45) is 1.10. The number of anilines is 1. The molecular weight excluding hydrogens is 444 g/mol. The first-order valence-electron chi connectivity index (χ1n) is 11.6. The molecule has 2 heterocycles. The average molecular weight is 483 g/mol. The number of ether oxygens (including phenoxy) is 3. The summed E-state index contributed by atoms with van der Waals surface area (Å²) in [7, 11) is -1.79. The van der Waals surface area contributed by atoms with Gasteiger partial charge in [0, 0.05) is 38.7 Å². The monoisotopic (exact) mass is 482 g/mol. The lowest BCUT2D eigenvalue weighted by atomic mass is 9.97. The number of carbonyl (C=O) groups excluding carboxylic acids is 1. The number of amides is 1. The van der Waals surface area contributed by atoms with Crippen molar-refractivity contribution < 1.29 is 27.4 Å². The van der Waals surface area contributed by atoms with Crippen molar-refractivity contribution in [2.24, 2.45) is 0 Å². The van der Waals surface area contributed by atoms with Crippen molar-refractivity contribution in [2.75, 3.05) is 38.3 Å². The minimum atomic E-state index is -3.46. The highest BCUT2D eigenvalue weighted by Crippen LogP contribution is 2.33. The molecule has 1 spiro atoms. The standard InChI is InChI=1S/C24H38N2O6S/c1-17-14-20(25(7)22(27)32-23(4,5)6)15-18(2)21(17)16-19(3)33(28,29)26-10-8-24(9-11-26)30-12-13-31-24/h14-15,19H,8-13,16H2,1-7H3. The van der Waals surface area contributed by atoms with Crippen LogP contribution in [0.2, 0.25) is 0 Å². The van der Waals surface area contributed by atoms with Crippen LogP contribution >= 0.6 is 0 Å². The van der Waals surface area contributed by atoms with Gasteiger partial charge in [0.1, 0.15) is 5.60 Å². The maximum absolute atomic E-state index is 13.3. The van der Waals surface area contributed by atoms with Gasteiger partial charge in [-0.2, -0.15) is 0 Å². The highest BCUT2D eigenvalue weighted by molar-refractivity contribution is 7.89. The molecule has 1 atom stereocenters. The van der Waals surface area contributed by atoms with Gasteiger partial charge < -0.3 is 14.2 Å². The molecule has 2 saturated heterocycles. The molecule has 8 nitrogen and oxygen atoms in total. The molecule has 0 aliphatic carbocycles. The third kappa shape index (κ3) is 5.88. The van der Waals surface area contributed by atoms with Crippen molar-refractivity contribution in [2.45, 2.75) is 77.4 Å². The minimum absolute atomic E-state index is 0.407. The normalized spacial score (nSPS) is 20.1. The number of piperidine rings is 1. The summed E-state index contributed by atoms with van der Waals surface area (Å²) in [6, 6.07) is 3.82. The summed E-state index contributed by atoms with van der Waals surface area (Å²) in [5.74, 6) is -0.599. The zero-order chi connectivity index (χ0) is 24.6. The maximum Gasteiger partial charge on any atom is 0.414 e. The predicted octanol–water partition coefficient (Wildman–Crippen LogP) is 3.77. The smallest absolute Gasteiger partial charge is 0.414 e. The predicted molar refractivity (Wildman–Crippen MR) is 128 cm³/mol. The summed E-state index contributed by atoms with van der Waals surface area (Å²) in [6.45, 7) is 13.1. The molecule has 1 amide bonds. The Kier molecular flexibility index (Phi) is 7.48. The summed E-state index contributed by atoms with van der Waals surface area (Å²) < 4.78 is 45.1. The van der Waals surface area contributed by atoms with Crippen LogP contribution in [0.1, 0.15) is 57.2 Å². The maximum atomic E-state index is 13.3. The SMILES string of the molecule is Cc1cc(N(C)C(=O)OC(C)(C)C)cc(C)c1CC(C)S(=O)(=O)N1CCC2(CC1)OCCO2. The van der Waals surface area contributed by atoms with Gasteiger partial charge in [0.15, 0.2) is 5.79 Å². The Labute approximate surface area is 198 Å². The van der Waals surface area contributed by atoms with Crippen molar-refractivity contribution in [3.63, 3.8) is 0 Å². The van der Waals surface area contributed by atoms with Gasteiger partial charge in [0.05, 0.1) is 18.5 Å². The highest BCUT2D eigenvalue weighted by atomic mass is 32.2. The van der Waals surface area contributed by atoms with E-state index in [1.165, 1.54) is 4.90 Å². The Bertz CT molecular complexity index is 946. The molecule has 9 heteroatoms. The number of rotatable bonds is 5. The van der Waals surface area contributed by atoms with E-state index in [2.05, 4.69) is 0 Å². The summed E-state index contributed by atoms with van der Waals surface area (Å²) in [4.78, 5) is 13.9. The molecule has 0 radical (unpaired) electrons. The number of carbonyl (C=O) groups is 1. The van der Waals surface area contributed by atoms with Gasteiger partial charge in [0.2, 0.25) is 10.0 Å². The van der Waals surface area contributed by atoms with E-state index in [0.717, 1.165) is 22.4 Å². The Hall–Kier alpha value is -1.68. The number of hydrogen-bond acceptors (Lipinski definition) is 6. The fourth-order valence-electron chi connectivity index (χ4n) is 4.44. The average Bonchev–Trinajstić information content (AvgIpc) is 3.16. The van der Waals surface area contributed by atoms with E-state index in [0.29, 0.717) is 45.6 Å². The lowest BCUT2D eigenvalue weighted by Crippen LogP contribution is -2.49. The summed E-state index contributed by atoms with van der Waals surface area (Å²) in [5, 5.41) is -0.566. The van der Waals surface area contributed by atoms with Crippen LogP contribution in [-0.4, -0.2) is 68.8 Å². The number of hydrogen-bond donors (Lipinski definition) is 0. The van der Waals surface area contributed by atoms with E-state index in [1.54, 1.807) is 18.3 Å². The third-order valence-corrected chi connectivity index (χ3v) is 8.66. The first kappa shape index (κ1) is 25.9. The topological polar surface area (TPSA) is 85.4 Å². The Morgan fingerprint density at radius 3 is 2.15 bits per heavy atom. The lowest BCUT2D eigenvalue weighted by Gasteiger charge is -2.38. The van der Waals surface area contributed by atoms with E-state index >= 15 is 0 Å². The van der Waals surface area contributed by atoms with Crippen LogP contribution in [0.5, 0.6) is 0 Å². The van der Waals surface area contributed by atoms with Gasteiger partial charge in [-0.05, 0) is 76.8 Å². The molecule has 2 aliphatic rings. The van der Waals surface area contributed by atoms with Crippen LogP contribution < -0.4 is 4.90 Å². The lowest BCUT2D eigenvalue weighted by molar-refractivity contribution is -0.179. The molecule has 186 valence electrons. The number of benzene rings is 1. The molecule has 1 aromatic rings. The van der Waals surface area contributed by atoms with Crippen LogP contribution in [0.3, 0.4) is 0 Å². The minimum Gasteiger partial charge on any atom is -0.443 e. The zero-order valence-electron chi connectivity index (χ0n) is 20.9. The Morgan fingerprint density at radius 2 is 1.67 bits per heavy atom. The second kappa shape index (κ2) is 9.52. The molecule has 0 saturated carbocycles. The zero-order valence-corrected chi connectivity index (χ0v) is 21.8. The number of nitrogens with zero attached hydrogens (tertiary/aromatic N) is 2. The molecule has 0 aromatic heterocycles. The first-order valence-corrected chi connectivity index (χ1v) is 13.1. The molecule has 1 aromatic carbocycles. The van der Waals surface area contributed by atoms with Gasteiger partial charge in [-0.25, -0.2) is 17.5 Å². The van der Waals surface area contributed by atoms with Crippen LogP contribution in [0, 0.1) is 13.8 Å². The Balaban J connectivity index is 1.70. The third-order valence-electron chi connectivity index (χ3n) is 6.39. The molecular formula is C24H38N2O6S. The van der Waals surface area contributed by atoms with Gasteiger partial charge in [0.25, 0.3) is 0 Å². The molecule has 2 aliphatic heterocycles. The van der Waals surface area contributed by atoms with Crippen molar-refractivity contribution in [1.82, 2.24) is 4.31 Å².